The fourth-order valence-electron chi connectivity index (χ4n) is 1.75. The number of carbonyl (C=O) groups is 1. The second-order valence-corrected chi connectivity index (χ2v) is 4.57. The van der Waals surface area contributed by atoms with Gasteiger partial charge in [0.15, 0.2) is 0 Å². The zero-order valence-corrected chi connectivity index (χ0v) is 11.4. The van der Waals surface area contributed by atoms with Crippen LogP contribution >= 0.6 is 11.6 Å². The van der Waals surface area contributed by atoms with Crippen molar-refractivity contribution < 1.29 is 18.0 Å². The molecule has 0 spiro atoms. The fraction of sp³-hybridized carbons (Fsp3) is 0.143. The van der Waals surface area contributed by atoms with Gasteiger partial charge in [-0.25, -0.2) is 4.98 Å². The van der Waals surface area contributed by atoms with E-state index in [1.807, 2.05) is 0 Å². The van der Waals surface area contributed by atoms with Crippen LogP contribution in [0.5, 0.6) is 0 Å². The van der Waals surface area contributed by atoms with Crippen molar-refractivity contribution in [1.82, 2.24) is 4.98 Å². The molecule has 1 heterocycles. The summed E-state index contributed by atoms with van der Waals surface area (Å²) in [6.07, 6.45) is -2.93. The Balaban J connectivity index is 2.16. The van der Waals surface area contributed by atoms with Crippen LogP contribution in [0.4, 0.5) is 19.0 Å². The molecular weight excluding hydrogens is 305 g/mol. The Morgan fingerprint density at radius 1 is 1.24 bits per heavy atom. The van der Waals surface area contributed by atoms with Crippen molar-refractivity contribution in [1.29, 1.82) is 0 Å². The second-order valence-electron chi connectivity index (χ2n) is 4.22. The Kier molecular flexibility index (Phi) is 4.47. The molecule has 21 heavy (non-hydrogen) atoms. The molecule has 2 aromatic rings. The average Bonchev–Trinajstić information content (AvgIpc) is 2.45. The van der Waals surface area contributed by atoms with Gasteiger partial charge in [-0.3, -0.25) is 4.79 Å². The molecule has 0 aliphatic carbocycles. The second kappa shape index (κ2) is 6.13. The van der Waals surface area contributed by atoms with E-state index in [9.17, 15) is 18.0 Å². The maximum Gasteiger partial charge on any atom is 0.416 e. The van der Waals surface area contributed by atoms with Crippen molar-refractivity contribution in [3.63, 3.8) is 0 Å². The van der Waals surface area contributed by atoms with Crippen molar-refractivity contribution >= 4 is 22.7 Å². The SMILES string of the molecule is O=C(Cl)c1cccnc1NCc1cccc(C(F)(F)F)c1. The number of benzene rings is 1. The van der Waals surface area contributed by atoms with Crippen LogP contribution in [0.15, 0.2) is 42.6 Å². The highest BCUT2D eigenvalue weighted by molar-refractivity contribution is 6.68. The maximum atomic E-state index is 12.6. The average molecular weight is 315 g/mol. The number of nitrogens with zero attached hydrogens (tertiary/aromatic N) is 1. The number of halogens is 4. The third-order valence-electron chi connectivity index (χ3n) is 2.73. The summed E-state index contributed by atoms with van der Waals surface area (Å²) in [6.45, 7) is 0.0953. The smallest absolute Gasteiger partial charge is 0.365 e. The molecule has 110 valence electrons. The lowest BCUT2D eigenvalue weighted by Gasteiger charge is -2.11. The molecule has 0 saturated heterocycles. The highest BCUT2D eigenvalue weighted by Crippen LogP contribution is 2.29. The van der Waals surface area contributed by atoms with Gasteiger partial charge in [-0.2, -0.15) is 13.2 Å². The molecule has 7 heteroatoms. The lowest BCUT2D eigenvalue weighted by Crippen LogP contribution is -2.08. The van der Waals surface area contributed by atoms with Gasteiger partial charge in [0.1, 0.15) is 5.82 Å². The van der Waals surface area contributed by atoms with Gasteiger partial charge < -0.3 is 5.32 Å². The van der Waals surface area contributed by atoms with E-state index in [2.05, 4.69) is 10.3 Å². The lowest BCUT2D eigenvalue weighted by molar-refractivity contribution is -0.137. The van der Waals surface area contributed by atoms with E-state index in [0.29, 0.717) is 5.56 Å². The van der Waals surface area contributed by atoms with Gasteiger partial charge in [0.05, 0.1) is 11.1 Å². The summed E-state index contributed by atoms with van der Waals surface area (Å²) in [5, 5.41) is 2.12. The number of alkyl halides is 3. The molecule has 1 aromatic heterocycles. The minimum atomic E-state index is -4.39. The van der Waals surface area contributed by atoms with Crippen molar-refractivity contribution in [2.24, 2.45) is 0 Å². The van der Waals surface area contributed by atoms with E-state index in [1.54, 1.807) is 12.1 Å². The Morgan fingerprint density at radius 3 is 2.67 bits per heavy atom. The van der Waals surface area contributed by atoms with Gasteiger partial charge in [-0.05, 0) is 41.4 Å². The molecule has 0 aliphatic heterocycles. The Labute approximate surface area is 123 Å². The predicted octanol–water partition coefficient (Wildman–Crippen LogP) is 4.09. The lowest BCUT2D eigenvalue weighted by atomic mass is 10.1. The number of hydrogen-bond donors (Lipinski definition) is 1. The van der Waals surface area contributed by atoms with Crippen molar-refractivity contribution in [3.8, 4) is 0 Å². The molecule has 0 atom stereocenters. The molecule has 1 aromatic carbocycles. The third-order valence-corrected chi connectivity index (χ3v) is 2.94. The van der Waals surface area contributed by atoms with Gasteiger partial charge in [0, 0.05) is 12.7 Å². The zero-order chi connectivity index (χ0) is 15.5. The normalized spacial score (nSPS) is 11.2. The number of rotatable bonds is 4. The Morgan fingerprint density at radius 2 is 2.00 bits per heavy atom. The van der Waals surface area contributed by atoms with Crippen LogP contribution in [0.25, 0.3) is 0 Å². The van der Waals surface area contributed by atoms with Crippen LogP contribution in [0.2, 0.25) is 0 Å². The number of anilines is 1. The molecule has 3 nitrogen and oxygen atoms in total. The van der Waals surface area contributed by atoms with Gasteiger partial charge in [0.2, 0.25) is 0 Å². The summed E-state index contributed by atoms with van der Waals surface area (Å²) in [5.41, 5.74) is -0.133. The predicted molar refractivity (Wildman–Crippen MR) is 73.2 cm³/mol. The molecule has 1 N–H and O–H groups in total. The van der Waals surface area contributed by atoms with Crippen molar-refractivity contribution in [3.05, 3.63) is 59.3 Å². The molecule has 0 amide bonds. The van der Waals surface area contributed by atoms with Gasteiger partial charge in [-0.1, -0.05) is 12.1 Å². The van der Waals surface area contributed by atoms with E-state index >= 15 is 0 Å². The van der Waals surface area contributed by atoms with Crippen LogP contribution in [0.1, 0.15) is 21.5 Å². The number of carbonyl (C=O) groups excluding carboxylic acids is 1. The summed E-state index contributed by atoms with van der Waals surface area (Å²) >= 11 is 5.41. The minimum absolute atomic E-state index is 0.0953. The van der Waals surface area contributed by atoms with Crippen molar-refractivity contribution in [2.45, 2.75) is 12.7 Å². The van der Waals surface area contributed by atoms with Crippen molar-refractivity contribution in [2.75, 3.05) is 5.32 Å². The van der Waals surface area contributed by atoms with Crippen LogP contribution in [0.3, 0.4) is 0 Å². The maximum absolute atomic E-state index is 12.6. The summed E-state index contributed by atoms with van der Waals surface area (Å²) in [7, 11) is 0. The molecule has 0 bridgehead atoms. The summed E-state index contributed by atoms with van der Waals surface area (Å²) in [6, 6.07) is 7.94. The molecule has 0 unspecified atom stereocenters. The van der Waals surface area contributed by atoms with Gasteiger partial charge >= 0.3 is 6.18 Å². The largest absolute Gasteiger partial charge is 0.416 e. The van der Waals surface area contributed by atoms with E-state index in [1.165, 1.54) is 18.3 Å². The standard InChI is InChI=1S/C14H10ClF3N2O/c15-12(21)11-5-2-6-19-13(11)20-8-9-3-1-4-10(7-9)14(16,17)18/h1-7H,8H2,(H,19,20). The highest BCUT2D eigenvalue weighted by Gasteiger charge is 2.30. The first-order valence-electron chi connectivity index (χ1n) is 5.93. The summed E-state index contributed by atoms with van der Waals surface area (Å²) in [5.74, 6) is 0.231. The number of hydrogen-bond acceptors (Lipinski definition) is 3. The topological polar surface area (TPSA) is 42.0 Å². The van der Waals surface area contributed by atoms with Crippen LogP contribution in [-0.4, -0.2) is 10.2 Å². The summed E-state index contributed by atoms with van der Waals surface area (Å²) in [4.78, 5) is 15.1. The molecule has 0 saturated carbocycles. The van der Waals surface area contributed by atoms with Crippen LogP contribution in [-0.2, 0) is 12.7 Å². The third kappa shape index (κ3) is 3.95. The molecule has 0 fully saturated rings. The van der Waals surface area contributed by atoms with Gasteiger partial charge in [0.25, 0.3) is 5.24 Å². The van der Waals surface area contributed by atoms with Gasteiger partial charge in [-0.15, -0.1) is 0 Å². The van der Waals surface area contributed by atoms with Crippen LogP contribution in [0, 0.1) is 0 Å². The highest BCUT2D eigenvalue weighted by atomic mass is 35.5. The number of aromatic nitrogens is 1. The zero-order valence-electron chi connectivity index (χ0n) is 10.6. The number of nitrogens with one attached hydrogen (secondary N) is 1. The Bertz CT molecular complexity index is 659. The molecule has 0 radical (unpaired) electrons. The molecule has 2 rings (SSSR count). The first kappa shape index (κ1) is 15.3. The first-order valence-corrected chi connectivity index (χ1v) is 6.30. The quantitative estimate of drug-likeness (QED) is 0.864. The molecule has 0 aliphatic rings. The molecular formula is C14H10ClF3N2O. The monoisotopic (exact) mass is 314 g/mol. The van der Waals surface area contributed by atoms with E-state index in [4.69, 9.17) is 11.6 Å². The minimum Gasteiger partial charge on any atom is -0.365 e. The Hall–Kier alpha value is -2.08. The van der Waals surface area contributed by atoms with E-state index < -0.39 is 17.0 Å². The van der Waals surface area contributed by atoms with Crippen LogP contribution < -0.4 is 5.32 Å². The first-order chi connectivity index (χ1) is 9.88. The van der Waals surface area contributed by atoms with E-state index in [-0.39, 0.29) is 17.9 Å². The van der Waals surface area contributed by atoms with E-state index in [0.717, 1.165) is 12.1 Å². The number of pyridine rings is 1. The summed E-state index contributed by atoms with van der Waals surface area (Å²) < 4.78 is 37.8. The fourth-order valence-corrected chi connectivity index (χ4v) is 1.90.